The van der Waals surface area contributed by atoms with Crippen LogP contribution in [0.15, 0.2) is 17.3 Å². The topological polar surface area (TPSA) is 12.4 Å². The van der Waals surface area contributed by atoms with E-state index in [0.29, 0.717) is 0 Å². The molecule has 0 radical (unpaired) electrons. The maximum absolute atomic E-state index is 10.2. The average molecular weight is 205 g/mol. The Morgan fingerprint density at radius 3 is 2.31 bits per heavy atom. The highest BCUT2D eigenvalue weighted by Crippen LogP contribution is 1.96. The van der Waals surface area contributed by atoms with Crippen LogP contribution >= 0.6 is 12.1 Å². The first-order valence-electron chi connectivity index (χ1n) is 4.58. The molecule has 0 amide bonds. The van der Waals surface area contributed by atoms with Crippen LogP contribution in [0.5, 0.6) is 0 Å². The van der Waals surface area contributed by atoms with Crippen LogP contribution in [0.1, 0.15) is 40.0 Å². The second kappa shape index (κ2) is 14.2. The lowest BCUT2D eigenvalue weighted by Crippen LogP contribution is -1.93. The Morgan fingerprint density at radius 2 is 2.00 bits per heavy atom. The normalized spacial score (nSPS) is 11.3. The number of rotatable bonds is 4. The smallest absolute Gasteiger partial charge is 0.0408 e. The fourth-order valence-electron chi connectivity index (χ4n) is 0.801. The first-order valence-corrected chi connectivity index (χ1v) is 5.70. The van der Waals surface area contributed by atoms with E-state index in [0.717, 1.165) is 12.8 Å². The fraction of sp³-hybridized carbons (Fsp3) is 0.700. The Kier molecular flexibility index (Phi) is 16.6. The Balaban J connectivity index is 0. The molecule has 0 aromatic rings. The van der Waals surface area contributed by atoms with Crippen molar-refractivity contribution in [2.45, 2.75) is 40.0 Å². The molecule has 0 rings (SSSR count). The molecule has 0 aromatic carbocycles. The summed E-state index contributed by atoms with van der Waals surface area (Å²) in [7, 11) is 0. The summed E-state index contributed by atoms with van der Waals surface area (Å²) in [5.74, 6) is 0. The molecule has 0 aliphatic rings. The number of nitrogens with zero attached hydrogens (tertiary/aromatic N) is 1. The predicted molar refractivity (Wildman–Crippen MR) is 62.1 cm³/mol. The minimum atomic E-state index is 0.250. The lowest BCUT2D eigenvalue weighted by Gasteiger charge is -1.96. The van der Waals surface area contributed by atoms with Crippen molar-refractivity contribution in [3.05, 3.63) is 12.3 Å². The SMILES string of the molecule is C/C=C\N=C(CC)CCC.CSF. The van der Waals surface area contributed by atoms with Crippen LogP contribution in [0, 0.1) is 0 Å². The fourth-order valence-corrected chi connectivity index (χ4v) is 0.801. The summed E-state index contributed by atoms with van der Waals surface area (Å²) >= 11 is 0.250. The van der Waals surface area contributed by atoms with Crippen molar-refractivity contribution in [3.63, 3.8) is 0 Å². The number of hydrogen-bond acceptors (Lipinski definition) is 2. The molecule has 0 unspecified atom stereocenters. The molecule has 0 fully saturated rings. The van der Waals surface area contributed by atoms with Gasteiger partial charge in [0.05, 0.1) is 0 Å². The zero-order chi connectivity index (χ0) is 10.5. The molecule has 0 aliphatic carbocycles. The highest BCUT2D eigenvalue weighted by atomic mass is 32.2. The molecule has 3 heteroatoms. The number of halogens is 1. The van der Waals surface area contributed by atoms with Crippen molar-refractivity contribution >= 4 is 17.9 Å². The van der Waals surface area contributed by atoms with E-state index in [1.807, 2.05) is 19.2 Å². The molecule has 0 aliphatic heterocycles. The van der Waals surface area contributed by atoms with Crippen molar-refractivity contribution in [2.24, 2.45) is 4.99 Å². The van der Waals surface area contributed by atoms with Crippen LogP contribution in [0.4, 0.5) is 3.89 Å². The summed E-state index contributed by atoms with van der Waals surface area (Å²) in [4.78, 5) is 4.29. The zero-order valence-corrected chi connectivity index (χ0v) is 9.83. The minimum absolute atomic E-state index is 0.250. The van der Waals surface area contributed by atoms with Gasteiger partial charge in [-0.15, -0.1) is 0 Å². The molecule has 1 nitrogen and oxygen atoms in total. The monoisotopic (exact) mass is 205 g/mol. The van der Waals surface area contributed by atoms with Gasteiger partial charge in [0.2, 0.25) is 0 Å². The predicted octanol–water partition coefficient (Wildman–Crippen LogP) is 4.41. The molecule has 13 heavy (non-hydrogen) atoms. The quantitative estimate of drug-likeness (QED) is 0.619. The van der Waals surface area contributed by atoms with Gasteiger partial charge in [-0.05, 0) is 19.8 Å². The van der Waals surface area contributed by atoms with Gasteiger partial charge < -0.3 is 0 Å². The molecule has 0 atom stereocenters. The van der Waals surface area contributed by atoms with Gasteiger partial charge >= 0.3 is 0 Å². The molecule has 0 heterocycles. The molecule has 0 aromatic heterocycles. The maximum Gasteiger partial charge on any atom is 0.0408 e. The lowest BCUT2D eigenvalue weighted by molar-refractivity contribution is 0.944. The van der Waals surface area contributed by atoms with E-state index in [4.69, 9.17) is 0 Å². The summed E-state index contributed by atoms with van der Waals surface area (Å²) in [6.45, 7) is 6.32. The second-order valence-corrected chi connectivity index (χ2v) is 2.74. The zero-order valence-electron chi connectivity index (χ0n) is 9.01. The average Bonchev–Trinajstić information content (AvgIpc) is 2.13. The largest absolute Gasteiger partial charge is 0.266 e. The highest BCUT2D eigenvalue weighted by Gasteiger charge is 1.90. The first kappa shape index (κ1) is 15.2. The third-order valence-corrected chi connectivity index (χ3v) is 1.35. The van der Waals surface area contributed by atoms with E-state index in [1.54, 1.807) is 0 Å². The second-order valence-electron chi connectivity index (χ2n) is 2.44. The first-order chi connectivity index (χ1) is 6.26. The summed E-state index contributed by atoms with van der Waals surface area (Å²) in [6, 6.07) is 0. The Hall–Kier alpha value is -0.310. The molecule has 0 saturated carbocycles. The number of hydrogen-bond donors (Lipinski definition) is 0. The summed E-state index contributed by atoms with van der Waals surface area (Å²) in [6.07, 6.45) is 8.63. The third-order valence-electron chi connectivity index (χ3n) is 1.35. The van der Waals surface area contributed by atoms with Crippen molar-refractivity contribution in [2.75, 3.05) is 6.26 Å². The van der Waals surface area contributed by atoms with Crippen LogP contribution in [-0.2, 0) is 0 Å². The van der Waals surface area contributed by atoms with Gasteiger partial charge in [-0.25, -0.2) is 0 Å². The van der Waals surface area contributed by atoms with Crippen LogP contribution in [0.25, 0.3) is 0 Å². The van der Waals surface area contributed by atoms with Crippen LogP contribution in [0.2, 0.25) is 0 Å². The molecule has 0 bridgehead atoms. The molecule has 78 valence electrons. The molecule has 0 saturated heterocycles. The van der Waals surface area contributed by atoms with E-state index in [-0.39, 0.29) is 12.1 Å². The van der Waals surface area contributed by atoms with Crippen LogP contribution in [0.3, 0.4) is 0 Å². The molecule has 0 N–H and O–H groups in total. The van der Waals surface area contributed by atoms with Crippen molar-refractivity contribution in [1.82, 2.24) is 0 Å². The van der Waals surface area contributed by atoms with Crippen molar-refractivity contribution < 1.29 is 3.89 Å². The van der Waals surface area contributed by atoms with Gasteiger partial charge in [0.25, 0.3) is 0 Å². The highest BCUT2D eigenvalue weighted by molar-refractivity contribution is 7.93. The molecule has 0 spiro atoms. The van der Waals surface area contributed by atoms with Gasteiger partial charge in [-0.2, -0.15) is 3.89 Å². The van der Waals surface area contributed by atoms with Gasteiger partial charge in [-0.3, -0.25) is 4.99 Å². The Labute approximate surface area is 85.8 Å². The van der Waals surface area contributed by atoms with Crippen molar-refractivity contribution in [1.29, 1.82) is 0 Å². The number of aliphatic imine (C=N–C) groups is 1. The van der Waals surface area contributed by atoms with E-state index in [9.17, 15) is 3.89 Å². The number of allylic oxidation sites excluding steroid dienone is 1. The van der Waals surface area contributed by atoms with Gasteiger partial charge in [0.15, 0.2) is 0 Å². The summed E-state index contributed by atoms with van der Waals surface area (Å²) in [5.41, 5.74) is 1.31. The summed E-state index contributed by atoms with van der Waals surface area (Å²) in [5, 5.41) is 0. The summed E-state index contributed by atoms with van der Waals surface area (Å²) < 4.78 is 10.2. The Bertz CT molecular complexity index is 144. The Morgan fingerprint density at radius 1 is 1.46 bits per heavy atom. The minimum Gasteiger partial charge on any atom is -0.266 e. The van der Waals surface area contributed by atoms with Gasteiger partial charge in [0, 0.05) is 30.3 Å². The van der Waals surface area contributed by atoms with Crippen LogP contribution < -0.4 is 0 Å². The van der Waals surface area contributed by atoms with E-state index < -0.39 is 0 Å². The van der Waals surface area contributed by atoms with Crippen LogP contribution in [-0.4, -0.2) is 12.0 Å². The van der Waals surface area contributed by atoms with Crippen molar-refractivity contribution in [3.8, 4) is 0 Å². The van der Waals surface area contributed by atoms with E-state index in [2.05, 4.69) is 18.8 Å². The van der Waals surface area contributed by atoms with E-state index in [1.165, 1.54) is 18.4 Å². The van der Waals surface area contributed by atoms with E-state index >= 15 is 0 Å². The van der Waals surface area contributed by atoms with Gasteiger partial charge in [0.1, 0.15) is 0 Å². The maximum atomic E-state index is 10.2. The van der Waals surface area contributed by atoms with Gasteiger partial charge in [-0.1, -0.05) is 26.3 Å². The standard InChI is InChI=1S/C9H17N.CH3FS/c1-4-7-9(6-3)10-8-5-2;1-3-2/h5,8H,4,6-7H2,1-3H3;1H3/b8-5-,10-9?;. The lowest BCUT2D eigenvalue weighted by atomic mass is 10.2. The molecular weight excluding hydrogens is 185 g/mol. The molecular formula is C10H20FNS. The third kappa shape index (κ3) is 14.5.